The number of alkyl halides is 19. The normalized spacial score (nSPS) is 41.8. The van der Waals surface area contributed by atoms with E-state index in [0.717, 1.165) is 14.8 Å². The first-order valence-electron chi connectivity index (χ1n) is 8.42. The van der Waals surface area contributed by atoms with Gasteiger partial charge in [0.25, 0.3) is 34.0 Å². The fraction of sp³-hybridized carbons (Fsp3) is 1.00. The van der Waals surface area contributed by atoms with Crippen molar-refractivity contribution < 1.29 is 112 Å². The third kappa shape index (κ3) is 1.88. The van der Waals surface area contributed by atoms with Crippen LogP contribution in [0.2, 0.25) is 0 Å². The van der Waals surface area contributed by atoms with Gasteiger partial charge in [-0.25, -0.2) is 57.1 Å². The Balaban J connectivity index is 3.02. The summed E-state index contributed by atoms with van der Waals surface area (Å²) in [6.07, 6.45) is -25.5. The average Bonchev–Trinajstić information content (AvgIpc) is 2.68. The smallest absolute Gasteiger partial charge is 0.223 e. The molecule has 0 unspecified atom stereocenters. The molecule has 4 fully saturated rings. The monoisotopic (exact) mass is 622 g/mol. The van der Waals surface area contributed by atoms with E-state index in [4.69, 9.17) is 0 Å². The maximum atomic E-state index is 15.2. The summed E-state index contributed by atoms with van der Waals surface area (Å²) in [6, 6.07) is 0. The Labute approximate surface area is 189 Å². The Morgan fingerprint density at radius 3 is 0.605 bits per heavy atom. The molecule has 0 aliphatic heterocycles. The average molecular weight is 622 g/mol. The Kier molecular flexibility index (Phi) is 5.38. The molecule has 0 spiro atoms. The summed E-state index contributed by atoms with van der Waals surface area (Å²) in [4.78, 5) is 2.78. The van der Waals surface area contributed by atoms with Gasteiger partial charge in [-0.2, -0.15) is 26.3 Å². The SMILES string of the molecule is FOC(F)(F)C12C(F)(F)C3(F)C(F)(F)C(C(F)(F)OF)(C1(F)F)C(F)(F)C(C(F)(F)OF)(C3(F)F)C2(F)F. The van der Waals surface area contributed by atoms with E-state index < -0.39 is 75.8 Å². The second-order valence-corrected chi connectivity index (χ2v) is 8.14. The van der Waals surface area contributed by atoms with Crippen LogP contribution in [0, 0.1) is 16.2 Å². The summed E-state index contributed by atoms with van der Waals surface area (Å²) in [6.45, 7) is 0. The van der Waals surface area contributed by atoms with E-state index in [9.17, 15) is 66.3 Å². The van der Waals surface area contributed by atoms with Gasteiger partial charge in [-0.1, -0.05) is 0 Å². The first-order valence-corrected chi connectivity index (χ1v) is 8.42. The molecule has 4 aliphatic carbocycles. The zero-order valence-electron chi connectivity index (χ0n) is 16.0. The molecule has 25 heteroatoms. The van der Waals surface area contributed by atoms with Crippen LogP contribution in [-0.4, -0.2) is 59.5 Å². The first-order chi connectivity index (χ1) is 16.4. The van der Waals surface area contributed by atoms with Crippen molar-refractivity contribution in [3.8, 4) is 0 Å². The quantitative estimate of drug-likeness (QED) is 0.299. The Morgan fingerprint density at radius 1 is 0.316 bits per heavy atom. The lowest BCUT2D eigenvalue weighted by Crippen LogP contribution is -3.09. The van der Waals surface area contributed by atoms with Gasteiger partial charge < -0.3 is 0 Å². The minimum absolute atomic E-state index is 0.928. The van der Waals surface area contributed by atoms with E-state index in [1.807, 2.05) is 0 Å². The third-order valence-electron chi connectivity index (χ3n) is 7.14. The minimum atomic E-state index is -9.23. The van der Waals surface area contributed by atoms with Crippen molar-refractivity contribution in [2.45, 2.75) is 59.5 Å². The highest BCUT2D eigenvalue weighted by atomic mass is 19.4. The Morgan fingerprint density at radius 2 is 0.474 bits per heavy atom. The topological polar surface area (TPSA) is 27.7 Å². The van der Waals surface area contributed by atoms with E-state index in [1.54, 1.807) is 0 Å². The number of hydrogen-bond donors (Lipinski definition) is 0. The van der Waals surface area contributed by atoms with Crippen molar-refractivity contribution in [3.05, 3.63) is 0 Å². The van der Waals surface area contributed by atoms with Crippen LogP contribution in [0.1, 0.15) is 0 Å². The van der Waals surface area contributed by atoms with Gasteiger partial charge >= 0.3 is 41.8 Å². The Hall–Kier alpha value is -1.66. The molecule has 0 saturated heterocycles. The second kappa shape index (κ2) is 6.62. The number of hydrogen-bond acceptors (Lipinski definition) is 3. The zero-order valence-corrected chi connectivity index (χ0v) is 16.0. The Bertz CT molecular complexity index is 887. The maximum absolute atomic E-state index is 15.2. The maximum Gasteiger partial charge on any atom is 0.409 e. The highest BCUT2D eigenvalue weighted by Gasteiger charge is 3.28. The molecule has 3 nitrogen and oxygen atoms in total. The largest absolute Gasteiger partial charge is 0.409 e. The number of halogens is 22. The van der Waals surface area contributed by atoms with E-state index in [0.29, 0.717) is 0 Å². The molecule has 0 aromatic heterocycles. The molecular formula is C13F22O3. The second-order valence-electron chi connectivity index (χ2n) is 8.14. The van der Waals surface area contributed by atoms with E-state index in [2.05, 4.69) is 0 Å². The minimum Gasteiger partial charge on any atom is -0.223 e. The van der Waals surface area contributed by atoms with Gasteiger partial charge in [0.2, 0.25) is 0 Å². The lowest BCUT2D eigenvalue weighted by Gasteiger charge is -2.79. The summed E-state index contributed by atoms with van der Waals surface area (Å²) in [7, 11) is 0. The first kappa shape index (κ1) is 30.9. The lowest BCUT2D eigenvalue weighted by atomic mass is 9.28. The molecule has 0 N–H and O–H groups in total. The van der Waals surface area contributed by atoms with Crippen molar-refractivity contribution in [2.24, 2.45) is 16.2 Å². The predicted molar refractivity (Wildman–Crippen MR) is 62.2 cm³/mol. The molecule has 224 valence electrons. The lowest BCUT2D eigenvalue weighted by molar-refractivity contribution is -0.703. The fourth-order valence-electron chi connectivity index (χ4n) is 5.80. The summed E-state index contributed by atoms with van der Waals surface area (Å²) >= 11 is 0. The van der Waals surface area contributed by atoms with Crippen LogP contribution in [0.15, 0.2) is 0 Å². The highest BCUT2D eigenvalue weighted by Crippen LogP contribution is 2.98. The highest BCUT2D eigenvalue weighted by molar-refractivity contribution is 5.52. The third-order valence-corrected chi connectivity index (χ3v) is 7.14. The van der Waals surface area contributed by atoms with Crippen LogP contribution in [0.4, 0.5) is 97.0 Å². The van der Waals surface area contributed by atoms with Gasteiger partial charge in [0.05, 0.1) is 0 Å². The van der Waals surface area contributed by atoms with Crippen LogP contribution in [0.5, 0.6) is 0 Å². The van der Waals surface area contributed by atoms with Crippen molar-refractivity contribution in [1.29, 1.82) is 0 Å². The molecule has 4 aliphatic rings. The molecule has 4 saturated carbocycles. The molecule has 4 bridgehead atoms. The summed E-state index contributed by atoms with van der Waals surface area (Å²) in [5.74, 6) is -54.8. The van der Waals surface area contributed by atoms with Crippen LogP contribution in [0.25, 0.3) is 0 Å². The van der Waals surface area contributed by atoms with E-state index >= 15 is 30.7 Å². The van der Waals surface area contributed by atoms with Gasteiger partial charge in [0, 0.05) is 0 Å². The van der Waals surface area contributed by atoms with Crippen molar-refractivity contribution in [2.75, 3.05) is 0 Å². The van der Waals surface area contributed by atoms with E-state index in [-0.39, 0.29) is 0 Å². The van der Waals surface area contributed by atoms with E-state index in [1.165, 1.54) is 0 Å². The molecular weight excluding hydrogens is 622 g/mol. The van der Waals surface area contributed by atoms with Gasteiger partial charge in [0.1, 0.15) is 0 Å². The molecule has 38 heavy (non-hydrogen) atoms. The van der Waals surface area contributed by atoms with Crippen molar-refractivity contribution >= 4 is 0 Å². The van der Waals surface area contributed by atoms with Crippen LogP contribution in [-0.2, 0) is 14.8 Å². The van der Waals surface area contributed by atoms with Crippen molar-refractivity contribution in [1.82, 2.24) is 0 Å². The molecule has 0 aromatic rings. The van der Waals surface area contributed by atoms with Crippen LogP contribution in [0.3, 0.4) is 0 Å². The van der Waals surface area contributed by atoms with Crippen LogP contribution < -0.4 is 0 Å². The summed E-state index contributed by atoms with van der Waals surface area (Å²) in [5, 5.41) is 0. The molecule has 0 heterocycles. The summed E-state index contributed by atoms with van der Waals surface area (Å²) < 4.78 is 317. The van der Waals surface area contributed by atoms with Gasteiger partial charge in [0.15, 0.2) is 0 Å². The van der Waals surface area contributed by atoms with Gasteiger partial charge in [-0.3, -0.25) is 0 Å². The van der Waals surface area contributed by atoms with Crippen molar-refractivity contribution in [3.63, 3.8) is 0 Å². The number of rotatable bonds is 6. The molecule has 0 aromatic carbocycles. The van der Waals surface area contributed by atoms with Crippen LogP contribution >= 0.6 is 0 Å². The van der Waals surface area contributed by atoms with Gasteiger partial charge in [-0.15, -0.1) is 14.8 Å². The summed E-state index contributed by atoms with van der Waals surface area (Å²) in [5.41, 5.74) is -36.3. The molecule has 0 atom stereocenters. The zero-order chi connectivity index (χ0) is 30.6. The van der Waals surface area contributed by atoms with Gasteiger partial charge in [-0.05, 0) is 13.6 Å². The fourth-order valence-corrected chi connectivity index (χ4v) is 5.80. The predicted octanol–water partition coefficient (Wildman–Crippen LogP) is 6.99. The molecule has 4 rings (SSSR count). The molecule has 0 amide bonds. The standard InChI is InChI=1S/C13F22O3/c14-4-8(21,22)1(11(27,28)36-33)5(15,16)2(9(4,23)24,12(29,30)37-34)7(19,20)3(6(1,17)18,10(4,25)26)13(31,32)38-35. The molecule has 0 radical (unpaired) electrons.